The number of rotatable bonds is 5. The Morgan fingerprint density at radius 1 is 1.42 bits per heavy atom. The summed E-state index contributed by atoms with van der Waals surface area (Å²) in [5.41, 5.74) is 9.25. The summed E-state index contributed by atoms with van der Waals surface area (Å²) < 4.78 is 0. The third-order valence-electron chi connectivity index (χ3n) is 3.52. The fraction of sp³-hybridized carbons (Fsp3) is 0.600. The molecule has 0 aliphatic heterocycles. The second kappa shape index (κ2) is 5.87. The first kappa shape index (κ1) is 14.3. The van der Waals surface area contributed by atoms with Crippen molar-refractivity contribution in [1.29, 1.82) is 0 Å². The largest absolute Gasteiger partial charge is 0.389 e. The second-order valence-corrected chi connectivity index (χ2v) is 6.32. The van der Waals surface area contributed by atoms with Gasteiger partial charge in [0.15, 0.2) is 0 Å². The number of anilines is 1. The van der Waals surface area contributed by atoms with Gasteiger partial charge in [-0.2, -0.15) is 0 Å². The Balaban J connectivity index is 2.25. The number of nitrogens with two attached hydrogens (primary N) is 1. The number of pyridine rings is 1. The van der Waals surface area contributed by atoms with Crippen molar-refractivity contribution >= 4 is 23.0 Å². The molecule has 1 aromatic heterocycles. The van der Waals surface area contributed by atoms with E-state index in [1.165, 1.54) is 17.7 Å². The summed E-state index contributed by atoms with van der Waals surface area (Å²) in [6.45, 7) is 6.63. The van der Waals surface area contributed by atoms with E-state index >= 15 is 0 Å². The van der Waals surface area contributed by atoms with E-state index in [9.17, 15) is 0 Å². The van der Waals surface area contributed by atoms with Gasteiger partial charge in [-0.1, -0.05) is 26.1 Å². The summed E-state index contributed by atoms with van der Waals surface area (Å²) in [5.74, 6) is 1.52. The maximum atomic E-state index is 5.84. The van der Waals surface area contributed by atoms with Gasteiger partial charge in [-0.25, -0.2) is 4.98 Å². The third-order valence-corrected chi connectivity index (χ3v) is 3.74. The topological polar surface area (TPSA) is 50.9 Å². The van der Waals surface area contributed by atoms with Crippen LogP contribution in [-0.4, -0.2) is 16.0 Å². The normalized spacial score (nSPS) is 15.4. The highest BCUT2D eigenvalue weighted by atomic mass is 32.1. The first-order chi connectivity index (χ1) is 8.97. The highest BCUT2D eigenvalue weighted by Crippen LogP contribution is 2.26. The summed E-state index contributed by atoms with van der Waals surface area (Å²) in [5, 5.41) is 3.47. The van der Waals surface area contributed by atoms with Crippen LogP contribution in [0.5, 0.6) is 0 Å². The van der Waals surface area contributed by atoms with Gasteiger partial charge in [-0.15, -0.1) is 0 Å². The van der Waals surface area contributed by atoms with Crippen LogP contribution in [0.3, 0.4) is 0 Å². The Morgan fingerprint density at radius 2 is 2.16 bits per heavy atom. The van der Waals surface area contributed by atoms with E-state index in [-0.39, 0.29) is 0 Å². The van der Waals surface area contributed by atoms with Crippen molar-refractivity contribution in [2.45, 2.75) is 52.5 Å². The minimum atomic E-state index is 0.375. The van der Waals surface area contributed by atoms with Gasteiger partial charge in [0.25, 0.3) is 0 Å². The second-order valence-electron chi connectivity index (χ2n) is 5.88. The summed E-state index contributed by atoms with van der Waals surface area (Å²) in [6, 6.07) is 2.50. The fourth-order valence-corrected chi connectivity index (χ4v) is 2.92. The zero-order chi connectivity index (χ0) is 14.0. The highest BCUT2D eigenvalue weighted by molar-refractivity contribution is 7.80. The van der Waals surface area contributed by atoms with Gasteiger partial charge in [0.2, 0.25) is 0 Å². The lowest BCUT2D eigenvalue weighted by molar-refractivity contribution is 0.538. The zero-order valence-corrected chi connectivity index (χ0v) is 12.8. The lowest BCUT2D eigenvalue weighted by Crippen LogP contribution is -2.22. The Labute approximate surface area is 121 Å². The van der Waals surface area contributed by atoms with Gasteiger partial charge in [0.1, 0.15) is 10.8 Å². The van der Waals surface area contributed by atoms with Crippen LogP contribution >= 0.6 is 12.2 Å². The molecule has 0 saturated heterocycles. The minimum Gasteiger partial charge on any atom is -0.389 e. The highest BCUT2D eigenvalue weighted by Gasteiger charge is 2.18. The molecular formula is C15H23N3S. The maximum absolute atomic E-state index is 5.84. The van der Waals surface area contributed by atoms with E-state index in [2.05, 4.69) is 32.2 Å². The van der Waals surface area contributed by atoms with Crippen molar-refractivity contribution in [3.63, 3.8) is 0 Å². The lowest BCUT2D eigenvalue weighted by Gasteiger charge is -2.19. The SMILES string of the molecule is CC(C)CC(C)Nc1nc2c(cc1C(N)=S)CCC2. The number of hydrogen-bond donors (Lipinski definition) is 2. The zero-order valence-electron chi connectivity index (χ0n) is 12.0. The van der Waals surface area contributed by atoms with E-state index in [1.807, 2.05) is 0 Å². The molecule has 1 atom stereocenters. The number of thiocarbonyl (C=S) groups is 1. The van der Waals surface area contributed by atoms with Gasteiger partial charge in [-0.3, -0.25) is 0 Å². The Morgan fingerprint density at radius 3 is 2.79 bits per heavy atom. The molecule has 0 amide bonds. The fourth-order valence-electron chi connectivity index (χ4n) is 2.77. The van der Waals surface area contributed by atoms with Crippen molar-refractivity contribution in [1.82, 2.24) is 4.98 Å². The van der Waals surface area contributed by atoms with E-state index in [0.717, 1.165) is 30.6 Å². The van der Waals surface area contributed by atoms with Crippen molar-refractivity contribution in [2.75, 3.05) is 5.32 Å². The summed E-state index contributed by atoms with van der Waals surface area (Å²) in [4.78, 5) is 5.18. The molecule has 2 rings (SSSR count). The number of aryl methyl sites for hydroxylation is 2. The smallest absolute Gasteiger partial charge is 0.136 e. The molecule has 4 heteroatoms. The van der Waals surface area contributed by atoms with E-state index in [1.54, 1.807) is 0 Å². The molecular weight excluding hydrogens is 254 g/mol. The molecule has 3 nitrogen and oxygen atoms in total. The van der Waals surface area contributed by atoms with Gasteiger partial charge < -0.3 is 11.1 Å². The molecule has 104 valence electrons. The molecule has 1 aromatic rings. The molecule has 0 fully saturated rings. The van der Waals surface area contributed by atoms with E-state index in [0.29, 0.717) is 16.9 Å². The molecule has 1 aliphatic carbocycles. The van der Waals surface area contributed by atoms with Crippen LogP contribution in [0.2, 0.25) is 0 Å². The molecule has 0 aromatic carbocycles. The standard InChI is InChI=1S/C15H23N3S/c1-9(2)7-10(3)17-15-12(14(16)19)8-11-5-4-6-13(11)18-15/h8-10H,4-7H2,1-3H3,(H2,16,19)(H,17,18). The Kier molecular flexibility index (Phi) is 4.40. The molecule has 3 N–H and O–H groups in total. The third kappa shape index (κ3) is 3.44. The molecule has 1 unspecified atom stereocenters. The Hall–Kier alpha value is -1.16. The van der Waals surface area contributed by atoms with Gasteiger partial charge >= 0.3 is 0 Å². The summed E-state index contributed by atoms with van der Waals surface area (Å²) in [7, 11) is 0. The average Bonchev–Trinajstić information content (AvgIpc) is 2.73. The quantitative estimate of drug-likeness (QED) is 0.812. The molecule has 0 radical (unpaired) electrons. The van der Waals surface area contributed by atoms with Crippen LogP contribution in [0.1, 0.15) is 50.4 Å². The Bertz CT molecular complexity index is 483. The van der Waals surface area contributed by atoms with Crippen LogP contribution in [-0.2, 0) is 12.8 Å². The van der Waals surface area contributed by atoms with Crippen molar-refractivity contribution < 1.29 is 0 Å². The number of fused-ring (bicyclic) bond motifs is 1. The molecule has 0 spiro atoms. The van der Waals surface area contributed by atoms with E-state index < -0.39 is 0 Å². The summed E-state index contributed by atoms with van der Waals surface area (Å²) >= 11 is 5.16. The predicted molar refractivity (Wildman–Crippen MR) is 84.7 cm³/mol. The molecule has 1 aliphatic rings. The maximum Gasteiger partial charge on any atom is 0.136 e. The molecule has 19 heavy (non-hydrogen) atoms. The van der Waals surface area contributed by atoms with Crippen LogP contribution in [0.4, 0.5) is 5.82 Å². The van der Waals surface area contributed by atoms with Crippen LogP contribution < -0.4 is 11.1 Å². The summed E-state index contributed by atoms with van der Waals surface area (Å²) in [6.07, 6.45) is 4.46. The average molecular weight is 277 g/mol. The van der Waals surface area contributed by atoms with Gasteiger partial charge in [0, 0.05) is 11.7 Å². The van der Waals surface area contributed by atoms with E-state index in [4.69, 9.17) is 22.9 Å². The van der Waals surface area contributed by atoms with Gasteiger partial charge in [0.05, 0.1) is 5.56 Å². The minimum absolute atomic E-state index is 0.375. The number of nitrogens with one attached hydrogen (secondary N) is 1. The predicted octanol–water partition coefficient (Wildman–Crippen LogP) is 3.05. The molecule has 0 bridgehead atoms. The lowest BCUT2D eigenvalue weighted by atomic mass is 10.0. The molecule has 0 saturated carbocycles. The number of nitrogens with zero attached hydrogens (tertiary/aromatic N) is 1. The number of aromatic nitrogens is 1. The van der Waals surface area contributed by atoms with Crippen molar-refractivity contribution in [2.24, 2.45) is 11.7 Å². The van der Waals surface area contributed by atoms with Crippen LogP contribution in [0, 0.1) is 5.92 Å². The monoisotopic (exact) mass is 277 g/mol. The molecule has 1 heterocycles. The van der Waals surface area contributed by atoms with Gasteiger partial charge in [-0.05, 0) is 50.2 Å². The van der Waals surface area contributed by atoms with Crippen molar-refractivity contribution in [3.8, 4) is 0 Å². The van der Waals surface area contributed by atoms with Crippen LogP contribution in [0.15, 0.2) is 6.07 Å². The van der Waals surface area contributed by atoms with Crippen molar-refractivity contribution in [3.05, 3.63) is 22.9 Å². The van der Waals surface area contributed by atoms with Crippen LogP contribution in [0.25, 0.3) is 0 Å². The number of hydrogen-bond acceptors (Lipinski definition) is 3. The first-order valence-electron chi connectivity index (χ1n) is 7.06. The first-order valence-corrected chi connectivity index (χ1v) is 7.47.